The Morgan fingerprint density at radius 2 is 2.33 bits per heavy atom. The van der Waals surface area contributed by atoms with Crippen LogP contribution in [-0.4, -0.2) is 20.8 Å². The second kappa shape index (κ2) is 6.90. The summed E-state index contributed by atoms with van der Waals surface area (Å²) in [6, 6.07) is 1.50. The molecule has 0 unspecified atom stereocenters. The van der Waals surface area contributed by atoms with Gasteiger partial charge >= 0.3 is 0 Å². The topological polar surface area (TPSA) is 73.1 Å². The van der Waals surface area contributed by atoms with E-state index in [1.165, 1.54) is 24.8 Å². The van der Waals surface area contributed by atoms with Gasteiger partial charge in [0.15, 0.2) is 5.12 Å². The number of hydrogen-bond acceptors (Lipinski definition) is 5. The van der Waals surface area contributed by atoms with E-state index in [0.717, 1.165) is 6.42 Å². The van der Waals surface area contributed by atoms with Crippen LogP contribution in [0.4, 0.5) is 5.69 Å². The number of rotatable bonds is 5. The van der Waals surface area contributed by atoms with Crippen molar-refractivity contribution in [1.82, 2.24) is 4.98 Å². The number of pyridine rings is 1. The lowest BCUT2D eigenvalue weighted by Gasteiger charge is -1.98. The first-order valence-electron chi connectivity index (χ1n) is 5.41. The van der Waals surface area contributed by atoms with Crippen molar-refractivity contribution in [2.24, 2.45) is 0 Å². The first-order valence-corrected chi connectivity index (χ1v) is 6.40. The third-order valence-electron chi connectivity index (χ3n) is 2.18. The molecule has 0 aliphatic carbocycles. The maximum absolute atomic E-state index is 10.7. The van der Waals surface area contributed by atoms with Gasteiger partial charge in [-0.15, -0.1) is 0 Å². The minimum Gasteiger partial charge on any atom is -0.288 e. The standard InChI is InChI=1S/C12H14N2O3S/c1-9-12(14(16)17)7-11(8-13-9)5-3-4-6-18-10(2)15/h3,5,7-8H,4,6H2,1-2H3. The Balaban J connectivity index is 2.62. The van der Waals surface area contributed by atoms with Crippen LogP contribution < -0.4 is 0 Å². The Bertz CT molecular complexity index is 486. The number of nitro groups is 1. The minimum absolute atomic E-state index is 0.0234. The van der Waals surface area contributed by atoms with Crippen LogP contribution in [0.15, 0.2) is 18.3 Å². The molecule has 18 heavy (non-hydrogen) atoms. The molecule has 5 nitrogen and oxygen atoms in total. The van der Waals surface area contributed by atoms with Crippen LogP contribution >= 0.6 is 11.8 Å². The number of nitrogens with zero attached hydrogens (tertiary/aromatic N) is 2. The second-order valence-electron chi connectivity index (χ2n) is 3.66. The molecule has 96 valence electrons. The Labute approximate surface area is 109 Å². The van der Waals surface area contributed by atoms with Gasteiger partial charge in [-0.1, -0.05) is 23.9 Å². The summed E-state index contributed by atoms with van der Waals surface area (Å²) in [4.78, 5) is 24.9. The van der Waals surface area contributed by atoms with Crippen molar-refractivity contribution in [3.05, 3.63) is 39.7 Å². The first-order chi connectivity index (χ1) is 8.50. The van der Waals surface area contributed by atoms with Gasteiger partial charge in [0.2, 0.25) is 0 Å². The third-order valence-corrected chi connectivity index (χ3v) is 3.02. The zero-order valence-corrected chi connectivity index (χ0v) is 11.1. The second-order valence-corrected chi connectivity index (χ2v) is 4.93. The third kappa shape index (κ3) is 4.67. The summed E-state index contributed by atoms with van der Waals surface area (Å²) in [5.41, 5.74) is 1.12. The zero-order chi connectivity index (χ0) is 13.5. The van der Waals surface area contributed by atoms with Crippen molar-refractivity contribution in [3.8, 4) is 0 Å². The lowest BCUT2D eigenvalue weighted by Crippen LogP contribution is -1.94. The average Bonchev–Trinajstić information content (AvgIpc) is 2.30. The molecule has 6 heteroatoms. The zero-order valence-electron chi connectivity index (χ0n) is 10.3. The van der Waals surface area contributed by atoms with Gasteiger partial charge in [-0.2, -0.15) is 0 Å². The largest absolute Gasteiger partial charge is 0.291 e. The summed E-state index contributed by atoms with van der Waals surface area (Å²) < 4.78 is 0. The fraction of sp³-hybridized carbons (Fsp3) is 0.333. The number of carbonyl (C=O) groups excluding carboxylic acids is 1. The summed E-state index contributed by atoms with van der Waals surface area (Å²) in [6.45, 7) is 3.14. The van der Waals surface area contributed by atoms with E-state index in [2.05, 4.69) is 4.98 Å². The molecule has 0 radical (unpaired) electrons. The van der Waals surface area contributed by atoms with Crippen LogP contribution in [0.2, 0.25) is 0 Å². The van der Waals surface area contributed by atoms with E-state index in [-0.39, 0.29) is 10.8 Å². The molecular weight excluding hydrogens is 252 g/mol. The van der Waals surface area contributed by atoms with E-state index in [4.69, 9.17) is 0 Å². The van der Waals surface area contributed by atoms with E-state index in [1.807, 2.05) is 6.08 Å². The molecule has 0 atom stereocenters. The molecule has 0 fully saturated rings. The molecule has 0 bridgehead atoms. The van der Waals surface area contributed by atoms with E-state index in [9.17, 15) is 14.9 Å². The van der Waals surface area contributed by atoms with Gasteiger partial charge in [0, 0.05) is 24.9 Å². The summed E-state index contributed by atoms with van der Waals surface area (Å²) in [6.07, 6.45) is 6.00. The van der Waals surface area contributed by atoms with Crippen LogP contribution in [0.5, 0.6) is 0 Å². The fourth-order valence-corrected chi connectivity index (χ4v) is 1.84. The van der Waals surface area contributed by atoms with Gasteiger partial charge in [0.25, 0.3) is 5.69 Å². The molecule has 0 spiro atoms. The highest BCUT2D eigenvalue weighted by molar-refractivity contribution is 8.13. The highest BCUT2D eigenvalue weighted by atomic mass is 32.2. The monoisotopic (exact) mass is 266 g/mol. The SMILES string of the molecule is CC(=O)SCCC=Cc1cnc(C)c([N+](=O)[O-])c1. The van der Waals surface area contributed by atoms with Crippen LogP contribution in [0.3, 0.4) is 0 Å². The molecule has 0 aromatic carbocycles. The highest BCUT2D eigenvalue weighted by Gasteiger charge is 2.10. The number of aryl methyl sites for hydroxylation is 1. The number of allylic oxidation sites excluding steroid dienone is 1. The lowest BCUT2D eigenvalue weighted by atomic mass is 10.2. The molecule has 1 rings (SSSR count). The summed E-state index contributed by atoms with van der Waals surface area (Å²) >= 11 is 1.26. The summed E-state index contributed by atoms with van der Waals surface area (Å²) in [7, 11) is 0. The van der Waals surface area contributed by atoms with Gasteiger partial charge in [-0.3, -0.25) is 19.9 Å². The molecule has 0 aliphatic heterocycles. The van der Waals surface area contributed by atoms with Crippen molar-refractivity contribution in [1.29, 1.82) is 0 Å². The van der Waals surface area contributed by atoms with Crippen LogP contribution in [-0.2, 0) is 4.79 Å². The first kappa shape index (κ1) is 14.4. The molecule has 0 saturated heterocycles. The molecular formula is C12H14N2O3S. The van der Waals surface area contributed by atoms with E-state index in [0.29, 0.717) is 17.0 Å². The molecule has 1 heterocycles. The van der Waals surface area contributed by atoms with Gasteiger partial charge < -0.3 is 0 Å². The number of carbonyl (C=O) groups is 1. The summed E-state index contributed by atoms with van der Waals surface area (Å²) in [5, 5.41) is 10.8. The van der Waals surface area contributed by atoms with Crippen molar-refractivity contribution in [3.63, 3.8) is 0 Å². The molecule has 1 aromatic heterocycles. The summed E-state index contributed by atoms with van der Waals surface area (Å²) in [5.74, 6) is 0.715. The Morgan fingerprint density at radius 3 is 2.94 bits per heavy atom. The van der Waals surface area contributed by atoms with Crippen molar-refractivity contribution < 1.29 is 9.72 Å². The Morgan fingerprint density at radius 1 is 1.61 bits per heavy atom. The predicted octanol–water partition coefficient (Wildman–Crippen LogP) is 2.98. The van der Waals surface area contributed by atoms with Crippen molar-refractivity contribution in [2.45, 2.75) is 20.3 Å². The molecule has 0 amide bonds. The van der Waals surface area contributed by atoms with E-state index in [1.54, 1.807) is 19.2 Å². The Hall–Kier alpha value is -1.69. The highest BCUT2D eigenvalue weighted by Crippen LogP contribution is 2.17. The van der Waals surface area contributed by atoms with Crippen molar-refractivity contribution >= 4 is 28.6 Å². The maximum atomic E-state index is 10.7. The van der Waals surface area contributed by atoms with E-state index >= 15 is 0 Å². The minimum atomic E-state index is -0.439. The predicted molar refractivity (Wildman–Crippen MR) is 72.4 cm³/mol. The van der Waals surface area contributed by atoms with Crippen LogP contribution in [0.1, 0.15) is 24.6 Å². The fourth-order valence-electron chi connectivity index (χ4n) is 1.30. The molecule has 0 N–H and O–H groups in total. The average molecular weight is 266 g/mol. The molecule has 0 saturated carbocycles. The van der Waals surface area contributed by atoms with E-state index < -0.39 is 4.92 Å². The molecule has 0 aliphatic rings. The van der Waals surface area contributed by atoms with Crippen LogP contribution in [0.25, 0.3) is 6.08 Å². The molecule has 1 aromatic rings. The maximum Gasteiger partial charge on any atom is 0.291 e. The van der Waals surface area contributed by atoms with Gasteiger partial charge in [-0.25, -0.2) is 0 Å². The normalized spacial score (nSPS) is 10.8. The van der Waals surface area contributed by atoms with Gasteiger partial charge in [0.05, 0.1) is 4.92 Å². The quantitative estimate of drug-likeness (QED) is 0.465. The number of thioether (sulfide) groups is 1. The smallest absolute Gasteiger partial charge is 0.288 e. The van der Waals surface area contributed by atoms with Crippen LogP contribution in [0, 0.1) is 17.0 Å². The lowest BCUT2D eigenvalue weighted by molar-refractivity contribution is -0.385. The van der Waals surface area contributed by atoms with Gasteiger partial charge in [0.1, 0.15) is 5.69 Å². The van der Waals surface area contributed by atoms with Crippen molar-refractivity contribution in [2.75, 3.05) is 5.75 Å². The number of aromatic nitrogens is 1. The number of hydrogen-bond donors (Lipinski definition) is 0. The Kier molecular flexibility index (Phi) is 5.51. The van der Waals surface area contributed by atoms with Gasteiger partial charge in [-0.05, 0) is 18.9 Å².